The number of rotatable bonds is 8. The Bertz CT molecular complexity index is 784. The summed E-state index contributed by atoms with van der Waals surface area (Å²) in [6.07, 6.45) is 0.0710. The van der Waals surface area contributed by atoms with Crippen molar-refractivity contribution in [1.29, 1.82) is 0 Å². The SMILES string of the molecule is CCC1(C(=O)[O-])C(COCCN)N=C(C)C(C)(C(=O)[O-])C1c1ccccc1Cl. The van der Waals surface area contributed by atoms with Gasteiger partial charge in [-0.05, 0) is 31.9 Å². The van der Waals surface area contributed by atoms with Crippen molar-refractivity contribution in [3.8, 4) is 0 Å². The fourth-order valence-electron chi connectivity index (χ4n) is 4.26. The van der Waals surface area contributed by atoms with Crippen LogP contribution >= 0.6 is 11.6 Å². The van der Waals surface area contributed by atoms with Gasteiger partial charge in [0.25, 0.3) is 0 Å². The van der Waals surface area contributed by atoms with Crippen molar-refractivity contribution in [2.75, 3.05) is 19.8 Å². The highest BCUT2D eigenvalue weighted by Crippen LogP contribution is 2.57. The minimum Gasteiger partial charge on any atom is -0.549 e. The minimum atomic E-state index is -1.69. The first-order chi connectivity index (χ1) is 13.2. The minimum absolute atomic E-state index is 0.0273. The molecule has 1 aliphatic heterocycles. The van der Waals surface area contributed by atoms with Crippen molar-refractivity contribution in [2.24, 2.45) is 21.6 Å². The number of carbonyl (C=O) groups is 2. The van der Waals surface area contributed by atoms with Crippen LogP contribution in [0.4, 0.5) is 0 Å². The number of hydrogen-bond acceptors (Lipinski definition) is 7. The van der Waals surface area contributed by atoms with Gasteiger partial charge in [0.1, 0.15) is 0 Å². The maximum atomic E-state index is 12.5. The molecule has 0 bridgehead atoms. The molecular weight excluding hydrogens is 384 g/mol. The third kappa shape index (κ3) is 3.43. The van der Waals surface area contributed by atoms with Crippen LogP contribution in [-0.2, 0) is 14.3 Å². The van der Waals surface area contributed by atoms with Gasteiger partial charge in [0.05, 0.1) is 36.6 Å². The summed E-state index contributed by atoms with van der Waals surface area (Å²) in [5, 5.41) is 25.1. The second kappa shape index (κ2) is 8.59. The molecule has 4 unspecified atom stereocenters. The Kier molecular flexibility index (Phi) is 6.85. The van der Waals surface area contributed by atoms with Crippen LogP contribution in [0.2, 0.25) is 5.02 Å². The van der Waals surface area contributed by atoms with Crippen molar-refractivity contribution in [2.45, 2.75) is 39.2 Å². The molecule has 0 fully saturated rings. The molecular formula is C20H25ClN2O5-2. The molecule has 0 amide bonds. The first-order valence-electron chi connectivity index (χ1n) is 9.17. The fraction of sp³-hybridized carbons (Fsp3) is 0.550. The summed E-state index contributed by atoms with van der Waals surface area (Å²) in [6.45, 7) is 5.13. The van der Waals surface area contributed by atoms with Crippen molar-refractivity contribution >= 4 is 29.3 Å². The van der Waals surface area contributed by atoms with Gasteiger partial charge in [0, 0.05) is 28.6 Å². The molecule has 154 valence electrons. The highest BCUT2D eigenvalue weighted by atomic mass is 35.5. The molecule has 4 atom stereocenters. The Labute approximate surface area is 169 Å². The molecule has 1 aromatic carbocycles. The predicted molar refractivity (Wildman–Crippen MR) is 102 cm³/mol. The van der Waals surface area contributed by atoms with Crippen LogP contribution < -0.4 is 15.9 Å². The monoisotopic (exact) mass is 408 g/mol. The highest BCUT2D eigenvalue weighted by molar-refractivity contribution is 6.31. The molecule has 2 N–H and O–H groups in total. The van der Waals surface area contributed by atoms with E-state index in [1.807, 2.05) is 0 Å². The van der Waals surface area contributed by atoms with E-state index in [9.17, 15) is 19.8 Å². The van der Waals surface area contributed by atoms with Gasteiger partial charge in [-0.25, -0.2) is 0 Å². The number of ether oxygens (including phenoxy) is 1. The second-order valence-corrected chi connectivity index (χ2v) is 7.63. The molecule has 0 aliphatic carbocycles. The van der Waals surface area contributed by atoms with Crippen LogP contribution in [-0.4, -0.2) is 43.5 Å². The summed E-state index contributed by atoms with van der Waals surface area (Å²) in [4.78, 5) is 29.3. The van der Waals surface area contributed by atoms with Crippen LogP contribution in [0.15, 0.2) is 29.3 Å². The number of benzene rings is 1. The summed E-state index contributed by atoms with van der Waals surface area (Å²) >= 11 is 6.39. The summed E-state index contributed by atoms with van der Waals surface area (Å²) in [6, 6.07) is 5.76. The zero-order valence-electron chi connectivity index (χ0n) is 16.2. The van der Waals surface area contributed by atoms with Crippen molar-refractivity contribution in [3.63, 3.8) is 0 Å². The lowest BCUT2D eigenvalue weighted by atomic mass is 9.53. The van der Waals surface area contributed by atoms with E-state index in [1.165, 1.54) is 6.92 Å². The molecule has 0 aromatic heterocycles. The van der Waals surface area contributed by atoms with E-state index in [1.54, 1.807) is 38.1 Å². The third-order valence-electron chi connectivity index (χ3n) is 5.93. The first kappa shape index (κ1) is 22.3. The lowest BCUT2D eigenvalue weighted by Crippen LogP contribution is -2.65. The van der Waals surface area contributed by atoms with Gasteiger partial charge >= 0.3 is 0 Å². The number of nitrogens with two attached hydrogens (primary N) is 1. The normalized spacial score (nSPS) is 30.0. The van der Waals surface area contributed by atoms with Gasteiger partial charge in [-0.15, -0.1) is 0 Å². The molecule has 8 heteroatoms. The second-order valence-electron chi connectivity index (χ2n) is 7.22. The Hall–Kier alpha value is -1.96. The summed E-state index contributed by atoms with van der Waals surface area (Å²) in [5.41, 5.74) is 2.77. The molecule has 0 radical (unpaired) electrons. The topological polar surface area (TPSA) is 128 Å². The molecule has 1 aliphatic rings. The fourth-order valence-corrected chi connectivity index (χ4v) is 4.51. The van der Waals surface area contributed by atoms with Crippen molar-refractivity contribution in [1.82, 2.24) is 0 Å². The maximum Gasteiger partial charge on any atom is 0.0847 e. The van der Waals surface area contributed by atoms with Gasteiger partial charge in [-0.1, -0.05) is 36.7 Å². The summed E-state index contributed by atoms with van der Waals surface area (Å²) < 4.78 is 5.50. The molecule has 0 saturated heterocycles. The average molecular weight is 409 g/mol. The highest BCUT2D eigenvalue weighted by Gasteiger charge is 2.59. The number of carboxylic acids is 2. The lowest BCUT2D eigenvalue weighted by Gasteiger charge is -2.56. The van der Waals surface area contributed by atoms with E-state index < -0.39 is 34.7 Å². The van der Waals surface area contributed by atoms with Crippen LogP contribution in [0.3, 0.4) is 0 Å². The molecule has 1 heterocycles. The zero-order chi connectivity index (χ0) is 21.1. The molecule has 7 nitrogen and oxygen atoms in total. The number of aliphatic imine (C=N–C) groups is 1. The molecule has 0 spiro atoms. The van der Waals surface area contributed by atoms with Crippen LogP contribution in [0, 0.1) is 10.8 Å². The molecule has 28 heavy (non-hydrogen) atoms. The molecule has 2 rings (SSSR count). The summed E-state index contributed by atoms with van der Waals surface area (Å²) in [5.74, 6) is -3.87. The van der Waals surface area contributed by atoms with Gasteiger partial charge in [-0.2, -0.15) is 0 Å². The zero-order valence-corrected chi connectivity index (χ0v) is 17.0. The van der Waals surface area contributed by atoms with E-state index in [4.69, 9.17) is 22.1 Å². The van der Waals surface area contributed by atoms with Gasteiger partial charge in [0.2, 0.25) is 0 Å². The predicted octanol–water partition coefficient (Wildman–Crippen LogP) is 0.145. The number of nitrogens with zero attached hydrogens (tertiary/aromatic N) is 1. The van der Waals surface area contributed by atoms with E-state index in [0.29, 0.717) is 5.56 Å². The number of carbonyl (C=O) groups excluding carboxylic acids is 2. The third-order valence-corrected chi connectivity index (χ3v) is 6.28. The van der Waals surface area contributed by atoms with Gasteiger partial charge < -0.3 is 30.3 Å². The number of hydrogen-bond donors (Lipinski definition) is 1. The Morgan fingerprint density at radius 1 is 1.29 bits per heavy atom. The number of halogens is 1. The van der Waals surface area contributed by atoms with E-state index in [0.717, 1.165) is 0 Å². The van der Waals surface area contributed by atoms with E-state index >= 15 is 0 Å². The Balaban J connectivity index is 2.82. The van der Waals surface area contributed by atoms with Crippen LogP contribution in [0.5, 0.6) is 0 Å². The van der Waals surface area contributed by atoms with Crippen molar-refractivity contribution < 1.29 is 24.5 Å². The smallest absolute Gasteiger partial charge is 0.0847 e. The maximum absolute atomic E-state index is 12.5. The van der Waals surface area contributed by atoms with Gasteiger partial charge in [0.15, 0.2) is 0 Å². The molecule has 0 saturated carbocycles. The standard InChI is InChI=1S/C20H27ClN2O5/c1-4-20(18(26)27)15(11-28-10-9-22)23-12(2)19(3,17(24)25)16(20)13-7-5-6-8-14(13)21/h5-8,15-16H,4,9-11,22H2,1-3H3,(H,24,25)(H,26,27)/p-2. The lowest BCUT2D eigenvalue weighted by molar-refractivity contribution is -0.329. The van der Waals surface area contributed by atoms with E-state index in [2.05, 4.69) is 4.99 Å². The molecule has 1 aromatic rings. The Morgan fingerprint density at radius 3 is 2.43 bits per heavy atom. The van der Waals surface area contributed by atoms with E-state index in [-0.39, 0.29) is 36.9 Å². The average Bonchev–Trinajstić information content (AvgIpc) is 2.64. The van der Waals surface area contributed by atoms with Crippen molar-refractivity contribution in [3.05, 3.63) is 34.9 Å². The quantitative estimate of drug-likeness (QED) is 0.609. The van der Waals surface area contributed by atoms with Crippen LogP contribution in [0.25, 0.3) is 0 Å². The summed E-state index contributed by atoms with van der Waals surface area (Å²) in [7, 11) is 0. The number of aliphatic carboxylic acids is 2. The van der Waals surface area contributed by atoms with Crippen LogP contribution in [0.1, 0.15) is 38.7 Å². The first-order valence-corrected chi connectivity index (χ1v) is 9.55. The largest absolute Gasteiger partial charge is 0.549 e. The van der Waals surface area contributed by atoms with Gasteiger partial charge in [-0.3, -0.25) is 4.99 Å². The number of carboxylic acid groups (broad SMARTS) is 2. The Morgan fingerprint density at radius 2 is 1.93 bits per heavy atom.